The minimum atomic E-state index is -0.564. The van der Waals surface area contributed by atoms with Crippen LogP contribution in [0.3, 0.4) is 0 Å². The van der Waals surface area contributed by atoms with Crippen LogP contribution >= 0.6 is 0 Å². The lowest BCUT2D eigenvalue weighted by Gasteiger charge is -2.17. The maximum atomic E-state index is 12.1. The number of esters is 2. The highest BCUT2D eigenvalue weighted by Gasteiger charge is 2.20. The molecular formula is C18H21NO4. The number of aromatic nitrogens is 1. The second-order valence-corrected chi connectivity index (χ2v) is 6.20. The SMILES string of the molecule is COC(=O)c1c(/C=C/C(=O)OC(C)(C)C)c2ccccc2n1C. The third-order valence-corrected chi connectivity index (χ3v) is 3.32. The van der Waals surface area contributed by atoms with Crippen molar-refractivity contribution >= 4 is 28.9 Å². The second kappa shape index (κ2) is 6.28. The van der Waals surface area contributed by atoms with Crippen LogP contribution in [0.15, 0.2) is 30.3 Å². The molecule has 0 fully saturated rings. The van der Waals surface area contributed by atoms with E-state index in [2.05, 4.69) is 0 Å². The van der Waals surface area contributed by atoms with Crippen LogP contribution in [0.4, 0.5) is 0 Å². The maximum Gasteiger partial charge on any atom is 0.355 e. The molecule has 0 saturated carbocycles. The van der Waals surface area contributed by atoms with E-state index < -0.39 is 17.5 Å². The molecule has 2 aromatic rings. The van der Waals surface area contributed by atoms with Crippen molar-refractivity contribution in [1.82, 2.24) is 4.57 Å². The van der Waals surface area contributed by atoms with Gasteiger partial charge in [-0.2, -0.15) is 0 Å². The van der Waals surface area contributed by atoms with Gasteiger partial charge < -0.3 is 14.0 Å². The topological polar surface area (TPSA) is 57.5 Å². The summed E-state index contributed by atoms with van der Waals surface area (Å²) >= 11 is 0. The summed E-state index contributed by atoms with van der Waals surface area (Å²) < 4.78 is 11.9. The summed E-state index contributed by atoms with van der Waals surface area (Å²) in [7, 11) is 3.13. The molecule has 5 nitrogen and oxygen atoms in total. The van der Waals surface area contributed by atoms with Gasteiger partial charge >= 0.3 is 11.9 Å². The summed E-state index contributed by atoms with van der Waals surface area (Å²) in [6.45, 7) is 5.41. The number of rotatable bonds is 3. The average Bonchev–Trinajstić information content (AvgIpc) is 2.76. The molecule has 0 aliphatic rings. The van der Waals surface area contributed by atoms with Gasteiger partial charge in [0.15, 0.2) is 0 Å². The van der Waals surface area contributed by atoms with E-state index >= 15 is 0 Å². The Morgan fingerprint density at radius 3 is 2.43 bits per heavy atom. The van der Waals surface area contributed by atoms with Crippen LogP contribution in [0.2, 0.25) is 0 Å². The lowest BCUT2D eigenvalue weighted by molar-refractivity contribution is -0.148. The number of methoxy groups -OCH3 is 1. The molecule has 0 aliphatic heterocycles. The number of carbonyl (C=O) groups excluding carboxylic acids is 2. The molecule has 23 heavy (non-hydrogen) atoms. The Morgan fingerprint density at radius 1 is 1.17 bits per heavy atom. The van der Waals surface area contributed by atoms with Crippen molar-refractivity contribution in [2.45, 2.75) is 26.4 Å². The zero-order chi connectivity index (χ0) is 17.2. The number of nitrogens with zero attached hydrogens (tertiary/aromatic N) is 1. The zero-order valence-corrected chi connectivity index (χ0v) is 14.0. The number of hydrogen-bond donors (Lipinski definition) is 0. The number of aryl methyl sites for hydroxylation is 1. The van der Waals surface area contributed by atoms with Crippen LogP contribution in [0, 0.1) is 0 Å². The minimum absolute atomic E-state index is 0.397. The number of ether oxygens (including phenoxy) is 2. The van der Waals surface area contributed by atoms with Crippen molar-refractivity contribution in [3.05, 3.63) is 41.6 Å². The quantitative estimate of drug-likeness (QED) is 0.644. The lowest BCUT2D eigenvalue weighted by Crippen LogP contribution is -2.22. The molecule has 0 spiro atoms. The summed E-state index contributed by atoms with van der Waals surface area (Å²) in [5.74, 6) is -0.909. The molecule has 122 valence electrons. The number of carbonyl (C=O) groups is 2. The van der Waals surface area contributed by atoms with Crippen LogP contribution in [0.1, 0.15) is 36.8 Å². The first-order valence-corrected chi connectivity index (χ1v) is 7.31. The molecule has 5 heteroatoms. The average molecular weight is 315 g/mol. The summed E-state index contributed by atoms with van der Waals surface area (Å²) in [6.07, 6.45) is 2.93. The van der Waals surface area contributed by atoms with Crippen LogP contribution < -0.4 is 0 Å². The highest BCUT2D eigenvalue weighted by Crippen LogP contribution is 2.27. The normalized spacial score (nSPS) is 11.9. The first-order chi connectivity index (χ1) is 10.7. The van der Waals surface area contributed by atoms with Gasteiger partial charge in [-0.1, -0.05) is 18.2 Å². The number of para-hydroxylation sites is 1. The Balaban J connectivity index is 2.51. The molecule has 0 saturated heterocycles. The minimum Gasteiger partial charge on any atom is -0.464 e. The van der Waals surface area contributed by atoms with Crippen molar-refractivity contribution in [3.63, 3.8) is 0 Å². The third kappa shape index (κ3) is 3.62. The van der Waals surface area contributed by atoms with E-state index in [9.17, 15) is 9.59 Å². The van der Waals surface area contributed by atoms with E-state index in [1.807, 2.05) is 24.3 Å². The van der Waals surface area contributed by atoms with Crippen LogP contribution in [-0.2, 0) is 21.3 Å². The molecule has 0 aliphatic carbocycles. The summed E-state index contributed by atoms with van der Waals surface area (Å²) in [5.41, 5.74) is 1.36. The Kier molecular flexibility index (Phi) is 4.59. The van der Waals surface area contributed by atoms with Gasteiger partial charge in [-0.05, 0) is 32.9 Å². The fourth-order valence-electron chi connectivity index (χ4n) is 2.42. The first-order valence-electron chi connectivity index (χ1n) is 7.31. The molecule has 1 aromatic heterocycles. The van der Waals surface area contributed by atoms with Gasteiger partial charge in [0, 0.05) is 29.6 Å². The monoisotopic (exact) mass is 315 g/mol. The van der Waals surface area contributed by atoms with Gasteiger partial charge in [0.1, 0.15) is 11.3 Å². The van der Waals surface area contributed by atoms with Gasteiger partial charge in [-0.3, -0.25) is 0 Å². The fourth-order valence-corrected chi connectivity index (χ4v) is 2.42. The van der Waals surface area contributed by atoms with E-state index in [-0.39, 0.29) is 0 Å². The molecular weight excluding hydrogens is 294 g/mol. The standard InChI is InChI=1S/C18H21NO4/c1-18(2,3)23-15(20)11-10-13-12-8-6-7-9-14(12)19(4)16(13)17(21)22-5/h6-11H,1-5H3/b11-10+. The number of hydrogen-bond acceptors (Lipinski definition) is 4. The van der Waals surface area contributed by atoms with Crippen LogP contribution in [-0.4, -0.2) is 29.2 Å². The molecule has 0 amide bonds. The molecule has 0 unspecified atom stereocenters. The van der Waals surface area contributed by atoms with Crippen molar-refractivity contribution < 1.29 is 19.1 Å². The fraction of sp³-hybridized carbons (Fsp3) is 0.333. The summed E-state index contributed by atoms with van der Waals surface area (Å²) in [5, 5.41) is 0.871. The van der Waals surface area contributed by atoms with Crippen molar-refractivity contribution in [3.8, 4) is 0 Å². The number of fused-ring (bicyclic) bond motifs is 1. The smallest absolute Gasteiger partial charge is 0.355 e. The Labute approximate surface area is 135 Å². The predicted octanol–water partition coefficient (Wildman–Crippen LogP) is 3.32. The summed E-state index contributed by atoms with van der Waals surface area (Å²) in [4.78, 5) is 24.0. The van der Waals surface area contributed by atoms with Gasteiger partial charge in [-0.25, -0.2) is 9.59 Å². The zero-order valence-electron chi connectivity index (χ0n) is 14.0. The molecule has 0 radical (unpaired) electrons. The molecule has 1 aromatic carbocycles. The van der Waals surface area contributed by atoms with Crippen molar-refractivity contribution in [1.29, 1.82) is 0 Å². The predicted molar refractivity (Wildman–Crippen MR) is 89.1 cm³/mol. The van der Waals surface area contributed by atoms with E-state index in [0.717, 1.165) is 10.9 Å². The molecule has 0 bridgehead atoms. The Hall–Kier alpha value is -2.56. The molecule has 2 rings (SSSR count). The van der Waals surface area contributed by atoms with E-state index in [1.165, 1.54) is 13.2 Å². The van der Waals surface area contributed by atoms with Gasteiger partial charge in [-0.15, -0.1) is 0 Å². The van der Waals surface area contributed by atoms with Gasteiger partial charge in [0.2, 0.25) is 0 Å². The molecule has 1 heterocycles. The largest absolute Gasteiger partial charge is 0.464 e. The highest BCUT2D eigenvalue weighted by molar-refractivity contribution is 6.04. The lowest BCUT2D eigenvalue weighted by atomic mass is 10.1. The van der Waals surface area contributed by atoms with Gasteiger partial charge in [0.25, 0.3) is 0 Å². The van der Waals surface area contributed by atoms with Crippen LogP contribution in [0.25, 0.3) is 17.0 Å². The van der Waals surface area contributed by atoms with E-state index in [1.54, 1.807) is 38.5 Å². The Bertz CT molecular complexity index is 778. The third-order valence-electron chi connectivity index (χ3n) is 3.32. The Morgan fingerprint density at radius 2 is 1.83 bits per heavy atom. The van der Waals surface area contributed by atoms with Crippen LogP contribution in [0.5, 0.6) is 0 Å². The second-order valence-electron chi connectivity index (χ2n) is 6.20. The van der Waals surface area contributed by atoms with Crippen molar-refractivity contribution in [2.75, 3.05) is 7.11 Å². The maximum absolute atomic E-state index is 12.1. The van der Waals surface area contributed by atoms with E-state index in [4.69, 9.17) is 9.47 Å². The van der Waals surface area contributed by atoms with Crippen molar-refractivity contribution in [2.24, 2.45) is 7.05 Å². The molecule has 0 atom stereocenters. The highest BCUT2D eigenvalue weighted by atomic mass is 16.6. The molecule has 0 N–H and O–H groups in total. The first kappa shape index (κ1) is 16.8. The summed E-state index contributed by atoms with van der Waals surface area (Å²) in [6, 6.07) is 7.59. The van der Waals surface area contributed by atoms with Gasteiger partial charge in [0.05, 0.1) is 7.11 Å². The van der Waals surface area contributed by atoms with E-state index in [0.29, 0.717) is 11.3 Å². The number of benzene rings is 1.